The van der Waals surface area contributed by atoms with Crippen LogP contribution >= 0.6 is 0 Å². The average Bonchev–Trinajstić information content (AvgIpc) is 2.48. The van der Waals surface area contributed by atoms with Crippen molar-refractivity contribution >= 4 is 0 Å². The van der Waals surface area contributed by atoms with E-state index in [4.69, 9.17) is 10.2 Å². The van der Waals surface area contributed by atoms with Crippen molar-refractivity contribution in [3.8, 4) is 11.8 Å². The van der Waals surface area contributed by atoms with Crippen molar-refractivity contribution in [1.29, 1.82) is 0 Å². The molecule has 0 saturated carbocycles. The number of aliphatic hydroxyl groups excluding tert-OH is 2. The Kier molecular flexibility index (Phi) is 8.68. The number of aliphatic hydroxyl groups is 2. The topological polar surface area (TPSA) is 43.7 Å². The van der Waals surface area contributed by atoms with Gasteiger partial charge < -0.3 is 10.2 Å². The normalized spacial score (nSPS) is 10.5. The van der Waals surface area contributed by atoms with Gasteiger partial charge in [0.2, 0.25) is 0 Å². The molecule has 4 heteroatoms. The number of hydrogen-bond donors (Lipinski definition) is 2. The minimum Gasteiger partial charge on any atom is -0.395 e. The van der Waals surface area contributed by atoms with Gasteiger partial charge in [-0.2, -0.15) is 0 Å². The fraction of sp³-hybridized carbons (Fsp3) is 0.529. The molecule has 0 fully saturated rings. The largest absolute Gasteiger partial charge is 0.395 e. The van der Waals surface area contributed by atoms with Crippen molar-refractivity contribution in [3.05, 3.63) is 35.1 Å². The summed E-state index contributed by atoms with van der Waals surface area (Å²) in [4.78, 5) is 2.05. The molecule has 0 unspecified atom stereocenters. The smallest absolute Gasteiger partial charge is 0.128 e. The summed E-state index contributed by atoms with van der Waals surface area (Å²) in [5.41, 5.74) is 1.24. The maximum Gasteiger partial charge on any atom is 0.128 e. The number of nitrogens with zero attached hydrogens (tertiary/aromatic N) is 1. The highest BCUT2D eigenvalue weighted by Gasteiger charge is 2.09. The van der Waals surface area contributed by atoms with Gasteiger partial charge in [-0.25, -0.2) is 4.39 Å². The third kappa shape index (κ3) is 6.72. The van der Waals surface area contributed by atoms with Crippen LogP contribution in [0.15, 0.2) is 18.2 Å². The highest BCUT2D eigenvalue weighted by Crippen LogP contribution is 2.13. The summed E-state index contributed by atoms with van der Waals surface area (Å²) in [7, 11) is 0. The van der Waals surface area contributed by atoms with Gasteiger partial charge in [0, 0.05) is 30.6 Å². The first-order chi connectivity index (χ1) is 10.2. The molecule has 116 valence electrons. The van der Waals surface area contributed by atoms with Gasteiger partial charge in [0.15, 0.2) is 0 Å². The Balaban J connectivity index is 2.72. The van der Waals surface area contributed by atoms with Crippen LogP contribution in [0, 0.1) is 17.7 Å². The van der Waals surface area contributed by atoms with E-state index in [0.717, 1.165) is 19.4 Å². The Morgan fingerprint density at radius 3 is 2.62 bits per heavy atom. The molecule has 0 amide bonds. The van der Waals surface area contributed by atoms with Gasteiger partial charge in [0.1, 0.15) is 5.82 Å². The van der Waals surface area contributed by atoms with Crippen LogP contribution < -0.4 is 0 Å². The van der Waals surface area contributed by atoms with Gasteiger partial charge >= 0.3 is 0 Å². The lowest BCUT2D eigenvalue weighted by atomic mass is 10.1. The fourth-order valence-corrected chi connectivity index (χ4v) is 2.01. The van der Waals surface area contributed by atoms with Crippen molar-refractivity contribution in [2.75, 3.05) is 26.3 Å². The average molecular weight is 293 g/mol. The van der Waals surface area contributed by atoms with Crippen LogP contribution in [-0.2, 0) is 6.54 Å². The fourth-order valence-electron chi connectivity index (χ4n) is 2.01. The molecule has 0 spiro atoms. The zero-order chi connectivity index (χ0) is 15.5. The maximum absolute atomic E-state index is 14.1. The Bertz CT molecular complexity index is 479. The lowest BCUT2D eigenvalue weighted by molar-refractivity contribution is 0.187. The molecule has 21 heavy (non-hydrogen) atoms. The number of hydrogen-bond acceptors (Lipinski definition) is 3. The molecule has 0 saturated heterocycles. The van der Waals surface area contributed by atoms with E-state index in [1.54, 1.807) is 12.1 Å². The molecule has 0 aliphatic heterocycles. The number of benzene rings is 1. The lowest BCUT2D eigenvalue weighted by Crippen LogP contribution is -2.28. The van der Waals surface area contributed by atoms with Crippen molar-refractivity contribution in [2.24, 2.45) is 0 Å². The zero-order valence-electron chi connectivity index (χ0n) is 12.6. The van der Waals surface area contributed by atoms with Crippen LogP contribution in [0.4, 0.5) is 4.39 Å². The van der Waals surface area contributed by atoms with Crippen LogP contribution in [0.2, 0.25) is 0 Å². The minimum atomic E-state index is -0.273. The second kappa shape index (κ2) is 10.3. The van der Waals surface area contributed by atoms with Crippen LogP contribution in [-0.4, -0.2) is 41.4 Å². The van der Waals surface area contributed by atoms with Gasteiger partial charge in [0.25, 0.3) is 0 Å². The van der Waals surface area contributed by atoms with Crippen LogP contribution in [0.5, 0.6) is 0 Å². The molecular formula is C17H24FNO2. The molecule has 1 aromatic rings. The zero-order valence-corrected chi connectivity index (χ0v) is 12.6. The SMILES string of the molecule is CCCCN(CCO)Cc1ccc(C#CCCO)cc1F. The van der Waals surface area contributed by atoms with Gasteiger partial charge in [-0.1, -0.05) is 31.3 Å². The summed E-state index contributed by atoms with van der Waals surface area (Å²) in [6.45, 7) is 4.11. The van der Waals surface area contributed by atoms with Gasteiger partial charge in [-0.05, 0) is 25.1 Å². The number of rotatable bonds is 8. The van der Waals surface area contributed by atoms with Crippen molar-refractivity contribution in [3.63, 3.8) is 0 Å². The molecule has 1 rings (SSSR count). The van der Waals surface area contributed by atoms with E-state index < -0.39 is 0 Å². The molecule has 0 aliphatic rings. The third-order valence-corrected chi connectivity index (χ3v) is 3.16. The van der Waals surface area contributed by atoms with Crippen LogP contribution in [0.3, 0.4) is 0 Å². The van der Waals surface area contributed by atoms with E-state index in [1.807, 2.05) is 0 Å². The molecule has 1 aromatic carbocycles. The monoisotopic (exact) mass is 293 g/mol. The minimum absolute atomic E-state index is 0.0150. The predicted molar refractivity (Wildman–Crippen MR) is 82.3 cm³/mol. The summed E-state index contributed by atoms with van der Waals surface area (Å²) < 4.78 is 14.1. The highest BCUT2D eigenvalue weighted by atomic mass is 19.1. The van der Waals surface area contributed by atoms with Gasteiger partial charge in [0.05, 0.1) is 13.2 Å². The van der Waals surface area contributed by atoms with E-state index in [-0.39, 0.29) is 19.0 Å². The molecular weight excluding hydrogens is 269 g/mol. The summed E-state index contributed by atoms with van der Waals surface area (Å²) in [5.74, 6) is 5.33. The molecule has 0 aromatic heterocycles. The van der Waals surface area contributed by atoms with Gasteiger partial charge in [-0.15, -0.1) is 0 Å². The Morgan fingerprint density at radius 1 is 1.19 bits per heavy atom. The highest BCUT2D eigenvalue weighted by molar-refractivity contribution is 5.37. The van der Waals surface area contributed by atoms with Crippen molar-refractivity contribution in [1.82, 2.24) is 4.90 Å². The molecule has 0 radical (unpaired) electrons. The van der Waals surface area contributed by atoms with Gasteiger partial charge in [-0.3, -0.25) is 4.90 Å². The van der Waals surface area contributed by atoms with E-state index in [1.165, 1.54) is 6.07 Å². The van der Waals surface area contributed by atoms with E-state index in [9.17, 15) is 4.39 Å². The third-order valence-electron chi connectivity index (χ3n) is 3.16. The predicted octanol–water partition coefficient (Wildman–Crippen LogP) is 2.15. The van der Waals surface area contributed by atoms with Crippen molar-refractivity contribution < 1.29 is 14.6 Å². The van der Waals surface area contributed by atoms with E-state index in [2.05, 4.69) is 23.7 Å². The summed E-state index contributed by atoms with van der Waals surface area (Å²) >= 11 is 0. The Hall–Kier alpha value is -1.41. The molecule has 3 nitrogen and oxygen atoms in total. The van der Waals surface area contributed by atoms with E-state index >= 15 is 0 Å². The molecule has 0 aliphatic carbocycles. The summed E-state index contributed by atoms with van der Waals surface area (Å²) in [5, 5.41) is 17.7. The molecule has 2 N–H and O–H groups in total. The number of halogens is 1. The van der Waals surface area contributed by atoms with Crippen molar-refractivity contribution in [2.45, 2.75) is 32.7 Å². The summed E-state index contributed by atoms with van der Waals surface area (Å²) in [6, 6.07) is 4.96. The lowest BCUT2D eigenvalue weighted by Gasteiger charge is -2.21. The molecule has 0 atom stereocenters. The first kappa shape index (κ1) is 17.6. The maximum atomic E-state index is 14.1. The van der Waals surface area contributed by atoms with E-state index in [0.29, 0.717) is 30.6 Å². The Morgan fingerprint density at radius 2 is 2.00 bits per heavy atom. The molecule has 0 bridgehead atoms. The first-order valence-corrected chi connectivity index (χ1v) is 7.42. The molecule has 0 heterocycles. The summed E-state index contributed by atoms with van der Waals surface area (Å²) in [6.07, 6.45) is 2.50. The van der Waals surface area contributed by atoms with Crippen LogP contribution in [0.25, 0.3) is 0 Å². The quantitative estimate of drug-likeness (QED) is 0.722. The first-order valence-electron chi connectivity index (χ1n) is 7.42. The second-order valence-corrected chi connectivity index (χ2v) is 4.93. The standard InChI is InChI=1S/C17H24FNO2/c1-2-3-9-19(10-12-21)14-16-8-7-15(13-17(16)18)6-4-5-11-20/h7-8,13,20-21H,2-3,5,9-12,14H2,1H3. The Labute approximate surface area is 126 Å². The number of unbranched alkanes of at least 4 members (excludes halogenated alkanes) is 1. The second-order valence-electron chi connectivity index (χ2n) is 4.93. The van der Waals surface area contributed by atoms with Crippen LogP contribution in [0.1, 0.15) is 37.3 Å².